The molecular formula is C17H20N4OS. The Labute approximate surface area is 141 Å². The summed E-state index contributed by atoms with van der Waals surface area (Å²) < 4.78 is 0. The van der Waals surface area contributed by atoms with Crippen molar-refractivity contribution in [3.63, 3.8) is 0 Å². The molecule has 0 aromatic carbocycles. The molecule has 2 rings (SSSR count). The van der Waals surface area contributed by atoms with E-state index >= 15 is 0 Å². The Bertz CT molecular complexity index is 681. The van der Waals surface area contributed by atoms with E-state index in [1.54, 1.807) is 0 Å². The molecule has 0 saturated heterocycles. The van der Waals surface area contributed by atoms with Gasteiger partial charge in [-0.2, -0.15) is 10.5 Å². The zero-order valence-corrected chi connectivity index (χ0v) is 14.3. The Morgan fingerprint density at radius 2 is 2.04 bits per heavy atom. The molecule has 0 aliphatic heterocycles. The van der Waals surface area contributed by atoms with Gasteiger partial charge in [-0.15, -0.1) is 0 Å². The van der Waals surface area contributed by atoms with Crippen molar-refractivity contribution in [2.45, 2.75) is 56.5 Å². The van der Waals surface area contributed by atoms with Gasteiger partial charge in [0.25, 0.3) is 0 Å². The van der Waals surface area contributed by atoms with E-state index < -0.39 is 5.54 Å². The number of aryl methyl sites for hydroxylation is 2. The monoisotopic (exact) mass is 328 g/mol. The molecule has 1 fully saturated rings. The summed E-state index contributed by atoms with van der Waals surface area (Å²) >= 11 is 1.25. The van der Waals surface area contributed by atoms with Crippen molar-refractivity contribution in [2.24, 2.45) is 0 Å². The van der Waals surface area contributed by atoms with Gasteiger partial charge in [-0.1, -0.05) is 31.0 Å². The fourth-order valence-corrected chi connectivity index (χ4v) is 3.80. The third kappa shape index (κ3) is 4.24. The average Bonchev–Trinajstić information content (AvgIpc) is 2.53. The fraction of sp³-hybridized carbons (Fsp3) is 0.529. The number of aromatic nitrogens is 1. The van der Waals surface area contributed by atoms with Crippen LogP contribution in [0.3, 0.4) is 0 Å². The van der Waals surface area contributed by atoms with Gasteiger partial charge in [0.1, 0.15) is 16.6 Å². The first kappa shape index (κ1) is 17.3. The van der Waals surface area contributed by atoms with E-state index in [2.05, 4.69) is 22.4 Å². The minimum Gasteiger partial charge on any atom is -0.337 e. The molecule has 6 heteroatoms. The summed E-state index contributed by atoms with van der Waals surface area (Å²) in [5.41, 5.74) is 1.49. The van der Waals surface area contributed by atoms with Crippen LogP contribution in [0.15, 0.2) is 11.1 Å². The first-order valence-electron chi connectivity index (χ1n) is 7.73. The molecule has 0 spiro atoms. The normalized spacial score (nSPS) is 16.2. The van der Waals surface area contributed by atoms with Gasteiger partial charge in [-0.05, 0) is 38.3 Å². The van der Waals surface area contributed by atoms with Gasteiger partial charge in [-0.25, -0.2) is 4.98 Å². The van der Waals surface area contributed by atoms with E-state index in [0.29, 0.717) is 23.4 Å². The molecule has 1 heterocycles. The lowest BCUT2D eigenvalue weighted by Gasteiger charge is -2.31. The molecule has 5 nitrogen and oxygen atoms in total. The van der Waals surface area contributed by atoms with Crippen LogP contribution in [0.25, 0.3) is 0 Å². The molecule has 0 unspecified atom stereocenters. The molecule has 0 radical (unpaired) electrons. The second-order valence-corrected chi connectivity index (χ2v) is 6.93. The number of carbonyl (C=O) groups excluding carboxylic acids is 1. The first-order chi connectivity index (χ1) is 11.0. The lowest BCUT2D eigenvalue weighted by atomic mass is 9.83. The molecule has 0 atom stereocenters. The average molecular weight is 328 g/mol. The van der Waals surface area contributed by atoms with Crippen LogP contribution >= 0.6 is 11.8 Å². The second-order valence-electron chi connectivity index (χ2n) is 5.96. The number of amides is 1. The molecule has 1 aliphatic carbocycles. The maximum atomic E-state index is 12.2. The first-order valence-corrected chi connectivity index (χ1v) is 8.71. The van der Waals surface area contributed by atoms with Gasteiger partial charge in [0.05, 0.1) is 17.4 Å². The summed E-state index contributed by atoms with van der Waals surface area (Å²) in [7, 11) is 0. The van der Waals surface area contributed by atoms with Crippen LogP contribution in [0.4, 0.5) is 0 Å². The largest absolute Gasteiger partial charge is 0.337 e. The number of nitrogens with one attached hydrogen (secondary N) is 1. The summed E-state index contributed by atoms with van der Waals surface area (Å²) in [6.45, 7) is 3.73. The lowest BCUT2D eigenvalue weighted by molar-refractivity contribution is -0.120. The zero-order valence-electron chi connectivity index (χ0n) is 13.5. The Morgan fingerprint density at radius 1 is 1.35 bits per heavy atom. The van der Waals surface area contributed by atoms with Gasteiger partial charge in [0, 0.05) is 5.69 Å². The van der Waals surface area contributed by atoms with Crippen LogP contribution in [0.1, 0.15) is 48.9 Å². The molecule has 1 amide bonds. The third-order valence-electron chi connectivity index (χ3n) is 4.06. The molecule has 23 heavy (non-hydrogen) atoms. The highest BCUT2D eigenvalue weighted by atomic mass is 32.2. The van der Waals surface area contributed by atoms with E-state index in [0.717, 1.165) is 30.5 Å². The van der Waals surface area contributed by atoms with Gasteiger partial charge in [-0.3, -0.25) is 4.79 Å². The van der Waals surface area contributed by atoms with Crippen LogP contribution in [-0.2, 0) is 4.79 Å². The SMILES string of the molecule is Cc1cc(C)c(C#N)c(SCC(=O)NC2(C#N)CCCCC2)n1. The molecule has 0 bridgehead atoms. The number of pyridine rings is 1. The molecule has 120 valence electrons. The number of rotatable bonds is 4. The summed E-state index contributed by atoms with van der Waals surface area (Å²) in [6, 6.07) is 6.28. The van der Waals surface area contributed by atoms with Crippen molar-refractivity contribution in [1.82, 2.24) is 10.3 Å². The predicted octanol–water partition coefficient (Wildman–Crippen LogP) is 3.00. The highest BCUT2D eigenvalue weighted by molar-refractivity contribution is 8.00. The highest BCUT2D eigenvalue weighted by Gasteiger charge is 2.33. The summed E-state index contributed by atoms with van der Waals surface area (Å²) in [5.74, 6) is -0.0168. The minimum atomic E-state index is -0.718. The topological polar surface area (TPSA) is 89.6 Å². The molecule has 1 aromatic heterocycles. The quantitative estimate of drug-likeness (QED) is 0.858. The van der Waals surface area contributed by atoms with Gasteiger partial charge < -0.3 is 5.32 Å². The van der Waals surface area contributed by atoms with Gasteiger partial charge in [0.2, 0.25) is 5.91 Å². The Balaban J connectivity index is 2.03. The van der Waals surface area contributed by atoms with Crippen LogP contribution < -0.4 is 5.32 Å². The van der Waals surface area contributed by atoms with Crippen molar-refractivity contribution in [2.75, 3.05) is 5.75 Å². The highest BCUT2D eigenvalue weighted by Crippen LogP contribution is 2.28. The number of nitriles is 2. The van der Waals surface area contributed by atoms with E-state index in [9.17, 15) is 15.3 Å². The summed E-state index contributed by atoms with van der Waals surface area (Å²) in [6.07, 6.45) is 4.48. The Hall–Kier alpha value is -2.05. The van der Waals surface area contributed by atoms with Crippen LogP contribution in [0, 0.1) is 36.5 Å². The number of nitrogens with zero attached hydrogens (tertiary/aromatic N) is 3. The molecule has 1 aliphatic rings. The number of hydrogen-bond acceptors (Lipinski definition) is 5. The van der Waals surface area contributed by atoms with Gasteiger partial charge >= 0.3 is 0 Å². The summed E-state index contributed by atoms with van der Waals surface area (Å²) in [4.78, 5) is 16.6. The predicted molar refractivity (Wildman–Crippen MR) is 88.7 cm³/mol. The standard InChI is InChI=1S/C17H20N4OS/c1-12-8-13(2)20-16(14(12)9-18)23-10-15(22)21-17(11-19)6-4-3-5-7-17/h8H,3-7,10H2,1-2H3,(H,21,22). The van der Waals surface area contributed by atoms with E-state index in [1.807, 2.05) is 19.9 Å². The van der Waals surface area contributed by atoms with Crippen molar-refractivity contribution >= 4 is 17.7 Å². The lowest BCUT2D eigenvalue weighted by Crippen LogP contribution is -2.49. The fourth-order valence-electron chi connectivity index (χ4n) is 2.90. The zero-order chi connectivity index (χ0) is 16.9. The van der Waals surface area contributed by atoms with E-state index in [1.165, 1.54) is 11.8 Å². The number of hydrogen-bond donors (Lipinski definition) is 1. The van der Waals surface area contributed by atoms with Crippen molar-refractivity contribution in [3.8, 4) is 12.1 Å². The molecular weight excluding hydrogens is 308 g/mol. The molecule has 1 N–H and O–H groups in total. The maximum Gasteiger partial charge on any atom is 0.231 e. The third-order valence-corrected chi connectivity index (χ3v) is 5.04. The van der Waals surface area contributed by atoms with Crippen LogP contribution in [0.2, 0.25) is 0 Å². The van der Waals surface area contributed by atoms with Gasteiger partial charge in [0.15, 0.2) is 0 Å². The molecule has 1 saturated carbocycles. The van der Waals surface area contributed by atoms with Crippen molar-refractivity contribution in [1.29, 1.82) is 10.5 Å². The van der Waals surface area contributed by atoms with Crippen LogP contribution in [-0.4, -0.2) is 22.2 Å². The minimum absolute atomic E-state index is 0.161. The maximum absolute atomic E-state index is 12.2. The summed E-state index contributed by atoms with van der Waals surface area (Å²) in [5, 5.41) is 22.1. The van der Waals surface area contributed by atoms with Crippen LogP contribution in [0.5, 0.6) is 0 Å². The smallest absolute Gasteiger partial charge is 0.231 e. The number of carbonyl (C=O) groups is 1. The van der Waals surface area contributed by atoms with Crippen molar-refractivity contribution < 1.29 is 4.79 Å². The van der Waals surface area contributed by atoms with E-state index in [-0.39, 0.29) is 11.7 Å². The Kier molecular flexibility index (Phi) is 5.63. The second kappa shape index (κ2) is 7.48. The molecule has 1 aromatic rings. The Morgan fingerprint density at radius 3 is 2.65 bits per heavy atom. The van der Waals surface area contributed by atoms with E-state index in [4.69, 9.17) is 0 Å². The number of thioether (sulfide) groups is 1. The van der Waals surface area contributed by atoms with Crippen molar-refractivity contribution in [3.05, 3.63) is 22.9 Å².